The number of thiocarbonyl (C=S) groups is 1. The fraction of sp³-hybridized carbons (Fsp3) is 0.273. The Balaban J connectivity index is 1.52. The predicted molar refractivity (Wildman–Crippen MR) is 115 cm³/mol. The Morgan fingerprint density at radius 3 is 2.52 bits per heavy atom. The Bertz CT molecular complexity index is 873. The van der Waals surface area contributed by atoms with E-state index in [-0.39, 0.29) is 11.9 Å². The van der Waals surface area contributed by atoms with Gasteiger partial charge in [-0.25, -0.2) is 0 Å². The molecule has 1 heterocycles. The summed E-state index contributed by atoms with van der Waals surface area (Å²) < 4.78 is 6.58. The highest BCUT2D eigenvalue weighted by Crippen LogP contribution is 2.37. The Kier molecular flexibility index (Phi) is 5.60. The highest BCUT2D eigenvalue weighted by atomic mass is 32.2. The van der Waals surface area contributed by atoms with E-state index in [1.807, 2.05) is 65.6 Å². The minimum absolute atomic E-state index is 0.0475. The topological polar surface area (TPSA) is 29.5 Å². The van der Waals surface area contributed by atoms with Gasteiger partial charge in [-0.1, -0.05) is 73.6 Å². The Labute approximate surface area is 169 Å². The van der Waals surface area contributed by atoms with Gasteiger partial charge >= 0.3 is 0 Å². The lowest BCUT2D eigenvalue weighted by molar-refractivity contribution is -0.124. The molecule has 0 bridgehead atoms. The number of hydrogen-bond acceptors (Lipinski definition) is 4. The van der Waals surface area contributed by atoms with Crippen LogP contribution in [0, 0.1) is 0 Å². The number of thioether (sulfide) groups is 1. The van der Waals surface area contributed by atoms with Gasteiger partial charge in [0.25, 0.3) is 5.91 Å². The zero-order valence-corrected chi connectivity index (χ0v) is 16.6. The van der Waals surface area contributed by atoms with Crippen molar-refractivity contribution in [3.8, 4) is 11.5 Å². The smallest absolute Gasteiger partial charge is 0.266 e. The number of carbonyl (C=O) groups is 1. The van der Waals surface area contributed by atoms with Gasteiger partial charge in [0.15, 0.2) is 0 Å². The summed E-state index contributed by atoms with van der Waals surface area (Å²) in [7, 11) is 0. The SMILES string of the molecule is O=C1/C(=C\c2cccc(Oc3ccccc3)c2)SC(=S)N1C1CCCCC1. The minimum atomic E-state index is 0.0475. The summed E-state index contributed by atoms with van der Waals surface area (Å²) in [6, 6.07) is 17.7. The van der Waals surface area contributed by atoms with Crippen molar-refractivity contribution < 1.29 is 9.53 Å². The van der Waals surface area contributed by atoms with Gasteiger partial charge in [-0.15, -0.1) is 0 Å². The monoisotopic (exact) mass is 395 g/mol. The lowest BCUT2D eigenvalue weighted by Gasteiger charge is -2.29. The van der Waals surface area contributed by atoms with E-state index in [1.54, 1.807) is 0 Å². The van der Waals surface area contributed by atoms with E-state index in [1.165, 1.54) is 31.0 Å². The van der Waals surface area contributed by atoms with Crippen LogP contribution in [0.4, 0.5) is 0 Å². The molecule has 2 aliphatic rings. The largest absolute Gasteiger partial charge is 0.457 e. The summed E-state index contributed by atoms with van der Waals surface area (Å²) in [4.78, 5) is 15.5. The van der Waals surface area contributed by atoms with Crippen molar-refractivity contribution in [1.82, 2.24) is 4.90 Å². The molecule has 5 heteroatoms. The minimum Gasteiger partial charge on any atom is -0.457 e. The lowest BCUT2D eigenvalue weighted by atomic mass is 9.94. The molecular weight excluding hydrogens is 374 g/mol. The molecule has 1 aliphatic heterocycles. The van der Waals surface area contributed by atoms with Crippen molar-refractivity contribution in [3.05, 3.63) is 65.1 Å². The van der Waals surface area contributed by atoms with E-state index in [9.17, 15) is 4.79 Å². The van der Waals surface area contributed by atoms with Crippen LogP contribution in [-0.4, -0.2) is 21.2 Å². The number of nitrogens with zero attached hydrogens (tertiary/aromatic N) is 1. The Morgan fingerprint density at radius 1 is 1.00 bits per heavy atom. The van der Waals surface area contributed by atoms with Gasteiger partial charge in [-0.05, 0) is 48.7 Å². The average Bonchev–Trinajstić information content (AvgIpc) is 2.97. The van der Waals surface area contributed by atoms with Crippen molar-refractivity contribution in [2.45, 2.75) is 38.1 Å². The van der Waals surface area contributed by atoms with Crippen molar-refractivity contribution >= 4 is 40.3 Å². The highest BCUT2D eigenvalue weighted by Gasteiger charge is 2.37. The number of hydrogen-bond donors (Lipinski definition) is 0. The van der Waals surface area contributed by atoms with Gasteiger partial charge < -0.3 is 4.74 Å². The molecule has 1 amide bonds. The van der Waals surface area contributed by atoms with Gasteiger partial charge in [0, 0.05) is 6.04 Å². The number of benzene rings is 2. The molecule has 0 unspecified atom stereocenters. The maximum atomic E-state index is 12.9. The summed E-state index contributed by atoms with van der Waals surface area (Å²) >= 11 is 6.91. The second kappa shape index (κ2) is 8.28. The third kappa shape index (κ3) is 4.25. The van der Waals surface area contributed by atoms with E-state index < -0.39 is 0 Å². The highest BCUT2D eigenvalue weighted by molar-refractivity contribution is 8.26. The van der Waals surface area contributed by atoms with E-state index in [0.717, 1.165) is 29.9 Å². The number of ether oxygens (including phenoxy) is 1. The summed E-state index contributed by atoms with van der Waals surface area (Å²) in [5, 5.41) is 0. The fourth-order valence-electron chi connectivity index (χ4n) is 3.58. The van der Waals surface area contributed by atoms with Gasteiger partial charge in [0.2, 0.25) is 0 Å². The van der Waals surface area contributed by atoms with E-state index >= 15 is 0 Å². The van der Waals surface area contributed by atoms with E-state index in [4.69, 9.17) is 17.0 Å². The zero-order valence-electron chi connectivity index (χ0n) is 15.0. The van der Waals surface area contributed by atoms with Crippen LogP contribution in [0.15, 0.2) is 59.5 Å². The van der Waals surface area contributed by atoms with Gasteiger partial charge in [-0.3, -0.25) is 9.69 Å². The molecule has 1 aliphatic carbocycles. The lowest BCUT2D eigenvalue weighted by Crippen LogP contribution is -2.39. The first-order chi connectivity index (χ1) is 13.2. The summed E-state index contributed by atoms with van der Waals surface area (Å²) in [5.74, 6) is 1.59. The van der Waals surface area contributed by atoms with Crippen LogP contribution in [0.3, 0.4) is 0 Å². The van der Waals surface area contributed by atoms with Crippen LogP contribution in [0.25, 0.3) is 6.08 Å². The second-order valence-corrected chi connectivity index (χ2v) is 8.51. The first kappa shape index (κ1) is 18.3. The van der Waals surface area contributed by atoms with Crippen molar-refractivity contribution in [2.24, 2.45) is 0 Å². The number of amides is 1. The molecule has 0 N–H and O–H groups in total. The number of carbonyl (C=O) groups excluding carboxylic acids is 1. The Morgan fingerprint density at radius 2 is 1.74 bits per heavy atom. The molecule has 2 aromatic carbocycles. The van der Waals surface area contributed by atoms with Crippen LogP contribution < -0.4 is 4.74 Å². The maximum Gasteiger partial charge on any atom is 0.266 e. The average molecular weight is 396 g/mol. The number of rotatable bonds is 4. The Hall–Kier alpha value is -2.11. The molecule has 0 radical (unpaired) electrons. The van der Waals surface area contributed by atoms with Crippen LogP contribution in [0.2, 0.25) is 0 Å². The summed E-state index contributed by atoms with van der Waals surface area (Å²) in [5.41, 5.74) is 0.938. The third-order valence-corrected chi connectivity index (χ3v) is 6.23. The molecule has 2 fully saturated rings. The maximum absolute atomic E-state index is 12.9. The van der Waals surface area contributed by atoms with Crippen LogP contribution in [0.5, 0.6) is 11.5 Å². The summed E-state index contributed by atoms with van der Waals surface area (Å²) in [6.45, 7) is 0. The van der Waals surface area contributed by atoms with E-state index in [0.29, 0.717) is 9.23 Å². The molecular formula is C22H21NO2S2. The van der Waals surface area contributed by atoms with Crippen molar-refractivity contribution in [3.63, 3.8) is 0 Å². The first-order valence-corrected chi connectivity index (χ1v) is 10.5. The van der Waals surface area contributed by atoms with Crippen molar-refractivity contribution in [2.75, 3.05) is 0 Å². The zero-order chi connectivity index (χ0) is 18.6. The van der Waals surface area contributed by atoms with Crippen molar-refractivity contribution in [1.29, 1.82) is 0 Å². The molecule has 138 valence electrons. The standard InChI is InChI=1S/C22H21NO2S2/c24-21-20(27-22(26)23(21)17-9-3-1-4-10-17)15-16-8-7-13-19(14-16)25-18-11-5-2-6-12-18/h2,5-8,11-15,17H,1,3-4,9-10H2/b20-15+. The predicted octanol–water partition coefficient (Wildman–Crippen LogP) is 6.01. The van der Waals surface area contributed by atoms with Gasteiger partial charge in [0.05, 0.1) is 4.91 Å². The molecule has 0 atom stereocenters. The number of para-hydroxylation sites is 1. The molecule has 2 aromatic rings. The van der Waals surface area contributed by atoms with Gasteiger partial charge in [0.1, 0.15) is 15.8 Å². The molecule has 4 rings (SSSR count). The summed E-state index contributed by atoms with van der Waals surface area (Å²) in [6.07, 6.45) is 7.65. The quantitative estimate of drug-likeness (QED) is 0.468. The van der Waals surface area contributed by atoms with Crippen LogP contribution in [0.1, 0.15) is 37.7 Å². The first-order valence-electron chi connectivity index (χ1n) is 9.31. The fourth-order valence-corrected chi connectivity index (χ4v) is 4.98. The van der Waals surface area contributed by atoms with Crippen LogP contribution in [-0.2, 0) is 4.79 Å². The van der Waals surface area contributed by atoms with Gasteiger partial charge in [-0.2, -0.15) is 0 Å². The van der Waals surface area contributed by atoms with E-state index in [2.05, 4.69) is 0 Å². The second-order valence-electron chi connectivity index (χ2n) is 6.83. The normalized spacial score (nSPS) is 19.7. The molecule has 27 heavy (non-hydrogen) atoms. The molecule has 1 saturated carbocycles. The molecule has 0 spiro atoms. The molecule has 3 nitrogen and oxygen atoms in total. The molecule has 0 aromatic heterocycles. The molecule has 1 saturated heterocycles. The van der Waals surface area contributed by atoms with Crippen LogP contribution >= 0.6 is 24.0 Å². The third-order valence-electron chi connectivity index (χ3n) is 4.90.